The van der Waals surface area contributed by atoms with Gasteiger partial charge in [0.2, 0.25) is 0 Å². The number of carbonyl (C=O) groups is 1. The molecule has 0 unspecified atom stereocenters. The van der Waals surface area contributed by atoms with Crippen molar-refractivity contribution in [3.63, 3.8) is 0 Å². The first-order chi connectivity index (χ1) is 6.31. The molecule has 0 saturated heterocycles. The van der Waals surface area contributed by atoms with Gasteiger partial charge in [0, 0.05) is 17.8 Å². The fraction of sp³-hybridized carbons (Fsp3) is 0.111. The first kappa shape index (κ1) is 10.5. The molecule has 0 radical (unpaired) electrons. The number of halogens is 1. The molecule has 5 heteroatoms. The minimum absolute atomic E-state index is 0. The van der Waals surface area contributed by atoms with Crippen molar-refractivity contribution in [1.29, 1.82) is 0 Å². The Bertz CT molecular complexity index is 453. The van der Waals surface area contributed by atoms with Crippen LogP contribution in [0, 0.1) is 0 Å². The number of esters is 1. The predicted molar refractivity (Wildman–Crippen MR) is 54.7 cm³/mol. The van der Waals surface area contributed by atoms with E-state index in [4.69, 9.17) is 0 Å². The van der Waals surface area contributed by atoms with Gasteiger partial charge in [0.05, 0.1) is 12.7 Å². The summed E-state index contributed by atoms with van der Waals surface area (Å²) in [4.78, 5) is 18.1. The van der Waals surface area contributed by atoms with Gasteiger partial charge in [0.25, 0.3) is 0 Å². The lowest BCUT2D eigenvalue weighted by molar-refractivity contribution is 0.0600. The molecule has 0 saturated carbocycles. The number of nitrogens with one attached hydrogen (secondary N) is 1. The van der Waals surface area contributed by atoms with E-state index in [1.165, 1.54) is 13.3 Å². The van der Waals surface area contributed by atoms with Gasteiger partial charge in [0.15, 0.2) is 0 Å². The van der Waals surface area contributed by atoms with Crippen molar-refractivity contribution in [2.24, 2.45) is 0 Å². The second-order valence-electron chi connectivity index (χ2n) is 2.63. The van der Waals surface area contributed by atoms with Gasteiger partial charge >= 0.3 is 5.97 Å². The monoisotopic (exact) mass is 212 g/mol. The Hall–Kier alpha value is -1.55. The second-order valence-corrected chi connectivity index (χ2v) is 2.63. The Morgan fingerprint density at radius 3 is 3.07 bits per heavy atom. The van der Waals surface area contributed by atoms with Crippen LogP contribution in [0.4, 0.5) is 0 Å². The number of H-pyrrole nitrogens is 1. The number of methoxy groups -OCH3 is 1. The molecule has 0 aliphatic rings. The van der Waals surface area contributed by atoms with E-state index in [-0.39, 0.29) is 18.4 Å². The Morgan fingerprint density at radius 2 is 2.36 bits per heavy atom. The van der Waals surface area contributed by atoms with Crippen molar-refractivity contribution < 1.29 is 9.53 Å². The molecule has 14 heavy (non-hydrogen) atoms. The molecule has 0 fully saturated rings. The summed E-state index contributed by atoms with van der Waals surface area (Å²) in [5, 5.41) is 0.905. The summed E-state index contributed by atoms with van der Waals surface area (Å²) in [6, 6.07) is 3.60. The van der Waals surface area contributed by atoms with Gasteiger partial charge in [-0.25, -0.2) is 9.78 Å². The number of hydrogen-bond donors (Lipinski definition) is 1. The Morgan fingerprint density at radius 1 is 1.57 bits per heavy atom. The highest BCUT2D eigenvalue weighted by Gasteiger charge is 2.06. The van der Waals surface area contributed by atoms with Crippen LogP contribution < -0.4 is 0 Å². The number of hydrogen-bond acceptors (Lipinski definition) is 3. The second kappa shape index (κ2) is 4.11. The number of aromatic nitrogens is 2. The van der Waals surface area contributed by atoms with Gasteiger partial charge in [-0.15, -0.1) is 12.4 Å². The number of carbonyl (C=O) groups excluding carboxylic acids is 1. The number of fused-ring (bicyclic) bond motifs is 1. The van der Waals surface area contributed by atoms with E-state index in [2.05, 4.69) is 14.7 Å². The summed E-state index contributed by atoms with van der Waals surface area (Å²) >= 11 is 0. The van der Waals surface area contributed by atoms with Crippen LogP contribution in [0.25, 0.3) is 11.0 Å². The van der Waals surface area contributed by atoms with E-state index < -0.39 is 0 Å². The first-order valence-electron chi connectivity index (χ1n) is 3.83. The molecule has 0 aliphatic carbocycles. The van der Waals surface area contributed by atoms with Crippen molar-refractivity contribution in [1.82, 2.24) is 9.97 Å². The molecular formula is C9H9ClN2O2. The van der Waals surface area contributed by atoms with E-state index in [0.717, 1.165) is 11.0 Å². The van der Waals surface area contributed by atoms with Crippen LogP contribution in [0.15, 0.2) is 24.5 Å². The van der Waals surface area contributed by atoms with Crippen LogP contribution in [0.5, 0.6) is 0 Å². The molecule has 0 atom stereocenters. The smallest absolute Gasteiger partial charge is 0.339 e. The van der Waals surface area contributed by atoms with Gasteiger partial charge in [-0.3, -0.25) is 0 Å². The summed E-state index contributed by atoms with van der Waals surface area (Å²) in [5.41, 5.74) is 1.24. The average Bonchev–Trinajstić information content (AvgIpc) is 2.63. The third kappa shape index (κ3) is 1.70. The highest BCUT2D eigenvalue weighted by atomic mass is 35.5. The molecule has 2 aromatic heterocycles. The lowest BCUT2D eigenvalue weighted by Gasteiger charge is -1.97. The van der Waals surface area contributed by atoms with Crippen molar-refractivity contribution in [2.75, 3.05) is 7.11 Å². The van der Waals surface area contributed by atoms with Crippen molar-refractivity contribution in [3.8, 4) is 0 Å². The summed E-state index contributed by atoms with van der Waals surface area (Å²) in [7, 11) is 1.35. The number of rotatable bonds is 1. The summed E-state index contributed by atoms with van der Waals surface area (Å²) < 4.78 is 4.57. The maximum atomic E-state index is 11.1. The predicted octanol–water partition coefficient (Wildman–Crippen LogP) is 1.77. The fourth-order valence-corrected chi connectivity index (χ4v) is 1.17. The molecule has 74 valence electrons. The summed E-state index contributed by atoms with van der Waals surface area (Å²) in [6.45, 7) is 0. The van der Waals surface area contributed by atoms with Gasteiger partial charge in [0.1, 0.15) is 5.65 Å². The average molecular weight is 213 g/mol. The molecule has 2 rings (SSSR count). The van der Waals surface area contributed by atoms with Crippen LogP contribution >= 0.6 is 12.4 Å². The zero-order valence-electron chi connectivity index (χ0n) is 7.48. The Kier molecular flexibility index (Phi) is 3.09. The molecule has 1 N–H and O–H groups in total. The standard InChI is InChI=1S/C9H8N2O2.ClH/c1-13-9(12)7-4-6-2-3-10-8(6)11-5-7;/h2-5H,1H3,(H,10,11);1H. The van der Waals surface area contributed by atoms with Crippen molar-refractivity contribution in [3.05, 3.63) is 30.1 Å². The third-order valence-corrected chi connectivity index (χ3v) is 1.82. The molecule has 4 nitrogen and oxygen atoms in total. The zero-order chi connectivity index (χ0) is 9.26. The lowest BCUT2D eigenvalue weighted by atomic mass is 10.2. The molecule has 0 aliphatic heterocycles. The maximum Gasteiger partial charge on any atom is 0.339 e. The van der Waals surface area contributed by atoms with Gasteiger partial charge < -0.3 is 9.72 Å². The molecule has 2 aromatic rings. The molecule has 0 bridgehead atoms. The van der Waals surface area contributed by atoms with Crippen LogP contribution in [0.3, 0.4) is 0 Å². The minimum atomic E-state index is -0.365. The first-order valence-corrected chi connectivity index (χ1v) is 3.83. The number of pyridine rings is 1. The summed E-state index contributed by atoms with van der Waals surface area (Å²) in [5.74, 6) is -0.365. The Labute approximate surface area is 86.7 Å². The molecular weight excluding hydrogens is 204 g/mol. The highest BCUT2D eigenvalue weighted by molar-refractivity contribution is 5.92. The quantitative estimate of drug-likeness (QED) is 0.733. The van der Waals surface area contributed by atoms with E-state index >= 15 is 0 Å². The van der Waals surface area contributed by atoms with Gasteiger partial charge in [-0.05, 0) is 12.1 Å². The number of ether oxygens (including phenoxy) is 1. The Balaban J connectivity index is 0.000000980. The summed E-state index contributed by atoms with van der Waals surface area (Å²) in [6.07, 6.45) is 3.27. The minimum Gasteiger partial charge on any atom is -0.465 e. The highest BCUT2D eigenvalue weighted by Crippen LogP contribution is 2.11. The van der Waals surface area contributed by atoms with Crippen molar-refractivity contribution in [2.45, 2.75) is 0 Å². The topological polar surface area (TPSA) is 55.0 Å². The molecule has 2 heterocycles. The fourth-order valence-electron chi connectivity index (χ4n) is 1.17. The maximum absolute atomic E-state index is 11.1. The van der Waals surface area contributed by atoms with Crippen LogP contribution in [0.2, 0.25) is 0 Å². The largest absolute Gasteiger partial charge is 0.465 e. The van der Waals surface area contributed by atoms with E-state index in [9.17, 15) is 4.79 Å². The third-order valence-electron chi connectivity index (χ3n) is 1.82. The van der Waals surface area contributed by atoms with Crippen LogP contribution in [-0.4, -0.2) is 23.0 Å². The molecule has 0 amide bonds. The van der Waals surface area contributed by atoms with Crippen LogP contribution in [-0.2, 0) is 4.74 Å². The van der Waals surface area contributed by atoms with Gasteiger partial charge in [-0.2, -0.15) is 0 Å². The number of nitrogens with zero attached hydrogens (tertiary/aromatic N) is 1. The molecule has 0 spiro atoms. The number of aromatic amines is 1. The van der Waals surface area contributed by atoms with Crippen molar-refractivity contribution >= 4 is 29.4 Å². The van der Waals surface area contributed by atoms with Crippen LogP contribution in [0.1, 0.15) is 10.4 Å². The van der Waals surface area contributed by atoms with E-state index in [0.29, 0.717) is 5.56 Å². The van der Waals surface area contributed by atoms with E-state index in [1.807, 2.05) is 6.07 Å². The van der Waals surface area contributed by atoms with E-state index in [1.54, 1.807) is 12.3 Å². The SMILES string of the molecule is COC(=O)c1cnc2[nH]ccc2c1.Cl. The zero-order valence-corrected chi connectivity index (χ0v) is 8.30. The lowest BCUT2D eigenvalue weighted by Crippen LogP contribution is -2.01. The van der Waals surface area contributed by atoms with Gasteiger partial charge in [-0.1, -0.05) is 0 Å². The molecule has 0 aromatic carbocycles. The normalized spacial score (nSPS) is 9.50.